The first-order valence-electron chi connectivity index (χ1n) is 9.14. The molecule has 0 saturated carbocycles. The van der Waals surface area contributed by atoms with Crippen molar-refractivity contribution in [1.29, 1.82) is 0 Å². The van der Waals surface area contributed by atoms with E-state index >= 15 is 0 Å². The van der Waals surface area contributed by atoms with Crippen molar-refractivity contribution in [2.75, 3.05) is 0 Å². The van der Waals surface area contributed by atoms with E-state index in [0.29, 0.717) is 5.69 Å². The first-order valence-corrected chi connectivity index (χ1v) is 9.14. The number of aromatic nitrogens is 2. The summed E-state index contributed by atoms with van der Waals surface area (Å²) in [6, 6.07) is 30.6. The molecule has 0 amide bonds. The van der Waals surface area contributed by atoms with Crippen LogP contribution in [0, 0.1) is 0 Å². The molecule has 28 heavy (non-hydrogen) atoms. The molecule has 0 bridgehead atoms. The number of imidazole rings is 1. The van der Waals surface area contributed by atoms with Crippen LogP contribution in [0.2, 0.25) is 0 Å². The van der Waals surface area contributed by atoms with Gasteiger partial charge in [-0.25, -0.2) is 4.98 Å². The Balaban J connectivity index is 2.16. The molecular weight excluding hydrogens is 344 g/mol. The molecule has 0 N–H and O–H groups in total. The number of nitrogens with zero attached hydrogens (tertiary/aromatic N) is 2. The number of carbonyl (C=O) groups excluding carboxylic acids is 1. The van der Waals surface area contributed by atoms with Crippen LogP contribution in [0.15, 0.2) is 116 Å². The van der Waals surface area contributed by atoms with E-state index in [1.165, 1.54) is 6.08 Å². The highest BCUT2D eigenvalue weighted by Gasteiger charge is 2.40. The van der Waals surface area contributed by atoms with Crippen molar-refractivity contribution >= 4 is 5.78 Å². The fourth-order valence-corrected chi connectivity index (χ4v) is 3.80. The van der Waals surface area contributed by atoms with Crippen molar-refractivity contribution in [3.63, 3.8) is 0 Å². The third kappa shape index (κ3) is 2.78. The molecular formula is C25H20N2O. The third-order valence-corrected chi connectivity index (χ3v) is 5.01. The fourth-order valence-electron chi connectivity index (χ4n) is 3.80. The molecule has 0 radical (unpaired) electrons. The van der Waals surface area contributed by atoms with Gasteiger partial charge in [0, 0.05) is 0 Å². The standard InChI is InChI=1S/C25H20N2O/c1-2-24(28)23-18-26-19-27(23)25(20-12-6-3-7-13-20,21-14-8-4-9-15-21)22-16-10-5-11-17-22/h2-19H,1H2. The molecule has 0 spiro atoms. The van der Waals surface area contributed by atoms with Crippen LogP contribution in [0.1, 0.15) is 27.2 Å². The minimum Gasteiger partial charge on any atom is -0.309 e. The molecule has 1 heterocycles. The average Bonchev–Trinajstić information content (AvgIpc) is 3.26. The lowest BCUT2D eigenvalue weighted by molar-refractivity contribution is 0.103. The molecule has 0 saturated heterocycles. The van der Waals surface area contributed by atoms with Crippen molar-refractivity contribution in [3.8, 4) is 0 Å². The van der Waals surface area contributed by atoms with Crippen LogP contribution in [0.3, 0.4) is 0 Å². The summed E-state index contributed by atoms with van der Waals surface area (Å²) in [5, 5.41) is 0. The van der Waals surface area contributed by atoms with E-state index < -0.39 is 5.54 Å². The second-order valence-corrected chi connectivity index (χ2v) is 6.53. The molecule has 0 atom stereocenters. The van der Waals surface area contributed by atoms with Gasteiger partial charge in [0.05, 0.1) is 12.5 Å². The third-order valence-electron chi connectivity index (χ3n) is 5.01. The number of hydrogen-bond acceptors (Lipinski definition) is 2. The van der Waals surface area contributed by atoms with Gasteiger partial charge in [0.1, 0.15) is 11.2 Å². The molecule has 136 valence electrons. The maximum absolute atomic E-state index is 12.7. The lowest BCUT2D eigenvalue weighted by Crippen LogP contribution is -2.39. The van der Waals surface area contributed by atoms with Crippen molar-refractivity contribution in [2.24, 2.45) is 0 Å². The van der Waals surface area contributed by atoms with Crippen molar-refractivity contribution < 1.29 is 4.79 Å². The minimum atomic E-state index is -0.742. The van der Waals surface area contributed by atoms with Gasteiger partial charge in [-0.3, -0.25) is 4.79 Å². The summed E-state index contributed by atoms with van der Waals surface area (Å²) in [5.41, 5.74) is 2.89. The molecule has 3 aromatic carbocycles. The van der Waals surface area contributed by atoms with E-state index in [1.54, 1.807) is 12.5 Å². The number of ketones is 1. The smallest absolute Gasteiger partial charge is 0.203 e. The summed E-state index contributed by atoms with van der Waals surface area (Å²) in [4.78, 5) is 17.0. The van der Waals surface area contributed by atoms with Gasteiger partial charge >= 0.3 is 0 Å². The van der Waals surface area contributed by atoms with E-state index in [-0.39, 0.29) is 5.78 Å². The first-order chi connectivity index (χ1) is 13.8. The van der Waals surface area contributed by atoms with Crippen molar-refractivity contribution in [1.82, 2.24) is 9.55 Å². The second kappa shape index (κ2) is 7.49. The van der Waals surface area contributed by atoms with Crippen LogP contribution < -0.4 is 0 Å². The SMILES string of the molecule is C=CC(=O)c1cncn1C(c1ccccc1)(c1ccccc1)c1ccccc1. The topological polar surface area (TPSA) is 34.9 Å². The highest BCUT2D eigenvalue weighted by molar-refractivity contribution is 6.03. The van der Waals surface area contributed by atoms with E-state index in [1.807, 2.05) is 59.2 Å². The summed E-state index contributed by atoms with van der Waals surface area (Å²) >= 11 is 0. The van der Waals surface area contributed by atoms with E-state index in [0.717, 1.165) is 16.7 Å². The summed E-state index contributed by atoms with van der Waals surface area (Å²) in [6.07, 6.45) is 4.66. The molecule has 0 aliphatic rings. The number of hydrogen-bond donors (Lipinski definition) is 0. The van der Waals surface area contributed by atoms with Gasteiger partial charge in [0.2, 0.25) is 5.78 Å². The first kappa shape index (κ1) is 17.7. The van der Waals surface area contributed by atoms with Crippen LogP contribution >= 0.6 is 0 Å². The molecule has 0 aliphatic heterocycles. The number of allylic oxidation sites excluding steroid dienone is 1. The number of benzene rings is 3. The van der Waals surface area contributed by atoms with E-state index in [4.69, 9.17) is 0 Å². The van der Waals surface area contributed by atoms with E-state index in [9.17, 15) is 4.79 Å². The Morgan fingerprint density at radius 3 is 1.61 bits per heavy atom. The Morgan fingerprint density at radius 2 is 1.21 bits per heavy atom. The Hall–Kier alpha value is -3.72. The summed E-state index contributed by atoms with van der Waals surface area (Å²) < 4.78 is 1.96. The van der Waals surface area contributed by atoms with Crippen LogP contribution in [-0.2, 0) is 5.54 Å². The lowest BCUT2D eigenvalue weighted by atomic mass is 9.76. The summed E-state index contributed by atoms with van der Waals surface area (Å²) in [6.45, 7) is 3.67. The van der Waals surface area contributed by atoms with Gasteiger partial charge < -0.3 is 4.57 Å². The van der Waals surface area contributed by atoms with Gasteiger partial charge in [0.25, 0.3) is 0 Å². The Labute approximate surface area is 164 Å². The minimum absolute atomic E-state index is 0.162. The molecule has 4 aromatic rings. The molecule has 0 unspecified atom stereocenters. The van der Waals surface area contributed by atoms with Gasteiger partial charge in [-0.05, 0) is 22.8 Å². The Kier molecular flexibility index (Phi) is 4.73. The zero-order valence-electron chi connectivity index (χ0n) is 15.4. The quantitative estimate of drug-likeness (QED) is 0.271. The number of carbonyl (C=O) groups is 1. The van der Waals surface area contributed by atoms with Crippen LogP contribution in [0.4, 0.5) is 0 Å². The van der Waals surface area contributed by atoms with Gasteiger partial charge in [0.15, 0.2) is 0 Å². The zero-order valence-corrected chi connectivity index (χ0v) is 15.4. The van der Waals surface area contributed by atoms with E-state index in [2.05, 4.69) is 48.0 Å². The fraction of sp³-hybridized carbons (Fsp3) is 0.0400. The Bertz CT molecular complexity index is 986. The van der Waals surface area contributed by atoms with Gasteiger partial charge in [-0.2, -0.15) is 0 Å². The lowest BCUT2D eigenvalue weighted by Gasteiger charge is -2.38. The predicted octanol–water partition coefficient (Wildman–Crippen LogP) is 5.09. The highest BCUT2D eigenvalue weighted by atomic mass is 16.1. The summed E-state index contributed by atoms with van der Waals surface area (Å²) in [5.74, 6) is -0.162. The zero-order chi connectivity index (χ0) is 19.4. The predicted molar refractivity (Wildman–Crippen MR) is 111 cm³/mol. The normalized spacial score (nSPS) is 11.1. The monoisotopic (exact) mass is 364 g/mol. The molecule has 1 aromatic heterocycles. The van der Waals surface area contributed by atoms with Crippen molar-refractivity contribution in [3.05, 3.63) is 139 Å². The van der Waals surface area contributed by atoms with Crippen LogP contribution in [0.25, 0.3) is 0 Å². The van der Waals surface area contributed by atoms with Crippen LogP contribution in [0.5, 0.6) is 0 Å². The highest BCUT2D eigenvalue weighted by Crippen LogP contribution is 2.41. The summed E-state index contributed by atoms with van der Waals surface area (Å²) in [7, 11) is 0. The van der Waals surface area contributed by atoms with Gasteiger partial charge in [-0.1, -0.05) is 97.6 Å². The molecule has 3 nitrogen and oxygen atoms in total. The Morgan fingerprint density at radius 1 is 0.786 bits per heavy atom. The van der Waals surface area contributed by atoms with Gasteiger partial charge in [-0.15, -0.1) is 0 Å². The van der Waals surface area contributed by atoms with Crippen molar-refractivity contribution in [2.45, 2.75) is 5.54 Å². The molecule has 3 heteroatoms. The maximum atomic E-state index is 12.7. The number of rotatable bonds is 6. The maximum Gasteiger partial charge on any atom is 0.203 e. The average molecular weight is 364 g/mol. The molecule has 4 rings (SSSR count). The molecule has 0 aliphatic carbocycles. The second-order valence-electron chi connectivity index (χ2n) is 6.53. The molecule has 0 fully saturated rings. The largest absolute Gasteiger partial charge is 0.309 e. The van der Waals surface area contributed by atoms with Crippen LogP contribution in [-0.4, -0.2) is 15.3 Å².